The van der Waals surface area contributed by atoms with Crippen LogP contribution in [0.2, 0.25) is 0 Å². The van der Waals surface area contributed by atoms with E-state index in [4.69, 9.17) is 9.47 Å². The lowest BCUT2D eigenvalue weighted by Gasteiger charge is -2.16. The summed E-state index contributed by atoms with van der Waals surface area (Å²) in [5, 5.41) is 3.02. The van der Waals surface area contributed by atoms with E-state index in [0.29, 0.717) is 17.9 Å². The summed E-state index contributed by atoms with van der Waals surface area (Å²) in [4.78, 5) is 12.1. The molecule has 1 N–H and O–H groups in total. The molecule has 0 heterocycles. The quantitative estimate of drug-likeness (QED) is 0.851. The van der Waals surface area contributed by atoms with Gasteiger partial charge in [0.25, 0.3) is 0 Å². The van der Waals surface area contributed by atoms with Crippen molar-refractivity contribution in [3.63, 3.8) is 0 Å². The summed E-state index contributed by atoms with van der Waals surface area (Å²) in [6.45, 7) is 1.96. The van der Waals surface area contributed by atoms with Crippen LogP contribution in [0.15, 0.2) is 48.5 Å². The van der Waals surface area contributed by atoms with Crippen molar-refractivity contribution < 1.29 is 14.3 Å². The Morgan fingerprint density at radius 2 is 1.74 bits per heavy atom. The van der Waals surface area contributed by atoms with Crippen LogP contribution in [0.1, 0.15) is 30.5 Å². The third-order valence-corrected chi connectivity index (χ3v) is 3.77. The zero-order chi connectivity index (χ0) is 16.7. The monoisotopic (exact) mass is 313 g/mol. The average molecular weight is 313 g/mol. The van der Waals surface area contributed by atoms with E-state index in [-0.39, 0.29) is 11.9 Å². The van der Waals surface area contributed by atoms with Crippen LogP contribution in [0.25, 0.3) is 0 Å². The van der Waals surface area contributed by atoms with Crippen LogP contribution in [0, 0.1) is 0 Å². The Hall–Kier alpha value is -2.49. The van der Waals surface area contributed by atoms with E-state index in [9.17, 15) is 4.79 Å². The van der Waals surface area contributed by atoms with Crippen LogP contribution < -0.4 is 14.8 Å². The van der Waals surface area contributed by atoms with Gasteiger partial charge in [-0.3, -0.25) is 4.79 Å². The van der Waals surface area contributed by atoms with Gasteiger partial charge in [0.05, 0.1) is 20.3 Å². The number of methoxy groups -OCH3 is 2. The van der Waals surface area contributed by atoms with Crippen LogP contribution in [-0.4, -0.2) is 20.1 Å². The molecule has 122 valence electrons. The summed E-state index contributed by atoms with van der Waals surface area (Å²) in [5.41, 5.74) is 2.15. The molecular formula is C19H23NO3. The van der Waals surface area contributed by atoms with Gasteiger partial charge in [0, 0.05) is 6.42 Å². The minimum atomic E-state index is -0.0851. The van der Waals surface area contributed by atoms with Gasteiger partial charge >= 0.3 is 0 Å². The van der Waals surface area contributed by atoms with Gasteiger partial charge in [-0.15, -0.1) is 0 Å². The third-order valence-electron chi connectivity index (χ3n) is 3.77. The Balaban J connectivity index is 1.93. The van der Waals surface area contributed by atoms with E-state index in [0.717, 1.165) is 12.0 Å². The smallest absolute Gasteiger partial charge is 0.220 e. The van der Waals surface area contributed by atoms with Gasteiger partial charge in [-0.1, -0.05) is 36.4 Å². The third kappa shape index (κ3) is 4.74. The van der Waals surface area contributed by atoms with Crippen LogP contribution in [0.5, 0.6) is 11.5 Å². The second kappa shape index (κ2) is 8.22. The minimum Gasteiger partial charge on any atom is -0.493 e. The Labute approximate surface area is 137 Å². The van der Waals surface area contributed by atoms with E-state index < -0.39 is 0 Å². The molecule has 2 rings (SSSR count). The topological polar surface area (TPSA) is 47.6 Å². The maximum atomic E-state index is 12.1. The summed E-state index contributed by atoms with van der Waals surface area (Å²) in [6, 6.07) is 15.6. The first-order valence-corrected chi connectivity index (χ1v) is 7.69. The molecule has 0 aliphatic heterocycles. The molecule has 0 aliphatic rings. The fourth-order valence-corrected chi connectivity index (χ4v) is 2.42. The summed E-state index contributed by atoms with van der Waals surface area (Å²) in [5.74, 6) is 1.38. The second-order valence-electron chi connectivity index (χ2n) is 5.39. The lowest BCUT2D eigenvalue weighted by atomic mass is 10.1. The number of hydrogen-bond acceptors (Lipinski definition) is 3. The van der Waals surface area contributed by atoms with Crippen LogP contribution in [-0.2, 0) is 11.2 Å². The van der Waals surface area contributed by atoms with Gasteiger partial charge in [0.1, 0.15) is 0 Å². The molecule has 4 heteroatoms. The van der Waals surface area contributed by atoms with Crippen molar-refractivity contribution in [3.05, 3.63) is 59.7 Å². The number of carbonyl (C=O) groups is 1. The van der Waals surface area contributed by atoms with Gasteiger partial charge in [-0.25, -0.2) is 0 Å². The van der Waals surface area contributed by atoms with Crippen LogP contribution in [0.3, 0.4) is 0 Å². The normalized spacial score (nSPS) is 11.6. The molecule has 1 atom stereocenters. The van der Waals surface area contributed by atoms with Crippen molar-refractivity contribution in [2.24, 2.45) is 0 Å². The molecule has 0 bridgehead atoms. The van der Waals surface area contributed by atoms with Crippen molar-refractivity contribution >= 4 is 5.91 Å². The molecule has 0 radical (unpaired) electrons. The van der Waals surface area contributed by atoms with Crippen molar-refractivity contribution in [2.45, 2.75) is 25.8 Å². The number of carbonyl (C=O) groups excluding carboxylic acids is 1. The van der Waals surface area contributed by atoms with Crippen molar-refractivity contribution in [3.8, 4) is 11.5 Å². The SMILES string of the molecule is COc1ccc([C@@H](C)NC(=O)CCc2ccccc2)cc1OC. The lowest BCUT2D eigenvalue weighted by molar-refractivity contribution is -0.121. The summed E-state index contributed by atoms with van der Waals surface area (Å²) in [7, 11) is 3.21. The van der Waals surface area contributed by atoms with Gasteiger partial charge in [0.2, 0.25) is 5.91 Å². The number of benzene rings is 2. The zero-order valence-corrected chi connectivity index (χ0v) is 13.8. The molecule has 2 aromatic rings. The van der Waals surface area contributed by atoms with Crippen LogP contribution >= 0.6 is 0 Å². The fraction of sp³-hybridized carbons (Fsp3) is 0.316. The number of hydrogen-bond donors (Lipinski definition) is 1. The van der Waals surface area contributed by atoms with E-state index in [1.54, 1.807) is 14.2 Å². The van der Waals surface area contributed by atoms with Crippen LogP contribution in [0.4, 0.5) is 0 Å². The standard InChI is InChI=1S/C19H23NO3/c1-14(16-10-11-17(22-2)18(13-16)23-3)20-19(21)12-9-15-7-5-4-6-8-15/h4-8,10-11,13-14H,9,12H2,1-3H3,(H,20,21)/t14-/m1/s1. The van der Waals surface area contributed by atoms with E-state index in [1.807, 2.05) is 55.5 Å². The van der Waals surface area contributed by atoms with E-state index in [1.165, 1.54) is 5.56 Å². The maximum Gasteiger partial charge on any atom is 0.220 e. The fourth-order valence-electron chi connectivity index (χ4n) is 2.42. The number of aryl methyl sites for hydroxylation is 1. The number of amides is 1. The highest BCUT2D eigenvalue weighted by molar-refractivity contribution is 5.76. The maximum absolute atomic E-state index is 12.1. The van der Waals surface area contributed by atoms with Gasteiger partial charge in [-0.05, 0) is 36.6 Å². The average Bonchev–Trinajstić information content (AvgIpc) is 2.60. The predicted molar refractivity (Wildman–Crippen MR) is 90.9 cm³/mol. The highest BCUT2D eigenvalue weighted by Gasteiger charge is 2.12. The van der Waals surface area contributed by atoms with Crippen molar-refractivity contribution in [1.29, 1.82) is 0 Å². The highest BCUT2D eigenvalue weighted by Crippen LogP contribution is 2.29. The molecule has 0 unspecified atom stereocenters. The first-order valence-electron chi connectivity index (χ1n) is 7.69. The lowest BCUT2D eigenvalue weighted by Crippen LogP contribution is -2.26. The first kappa shape index (κ1) is 16.9. The van der Waals surface area contributed by atoms with Gasteiger partial charge < -0.3 is 14.8 Å². The molecule has 1 amide bonds. The summed E-state index contributed by atoms with van der Waals surface area (Å²) < 4.78 is 10.5. The Kier molecular flexibility index (Phi) is 6.03. The predicted octanol–water partition coefficient (Wildman–Crippen LogP) is 3.51. The van der Waals surface area contributed by atoms with E-state index in [2.05, 4.69) is 5.32 Å². The molecule has 4 nitrogen and oxygen atoms in total. The van der Waals surface area contributed by atoms with Crippen molar-refractivity contribution in [1.82, 2.24) is 5.32 Å². The Bertz CT molecular complexity index is 640. The van der Waals surface area contributed by atoms with Crippen molar-refractivity contribution in [2.75, 3.05) is 14.2 Å². The molecule has 0 fully saturated rings. The van der Waals surface area contributed by atoms with E-state index >= 15 is 0 Å². The largest absolute Gasteiger partial charge is 0.493 e. The Morgan fingerprint density at radius 1 is 1.04 bits per heavy atom. The first-order chi connectivity index (χ1) is 11.1. The van der Waals surface area contributed by atoms with Gasteiger partial charge in [-0.2, -0.15) is 0 Å². The molecule has 0 aromatic heterocycles. The molecular weight excluding hydrogens is 290 g/mol. The molecule has 0 spiro atoms. The molecule has 0 saturated heterocycles. The highest BCUT2D eigenvalue weighted by atomic mass is 16.5. The summed E-state index contributed by atoms with van der Waals surface area (Å²) >= 11 is 0. The zero-order valence-electron chi connectivity index (χ0n) is 13.8. The molecule has 0 aliphatic carbocycles. The second-order valence-corrected chi connectivity index (χ2v) is 5.39. The van der Waals surface area contributed by atoms with Gasteiger partial charge in [0.15, 0.2) is 11.5 Å². The number of rotatable bonds is 7. The number of ether oxygens (including phenoxy) is 2. The minimum absolute atomic E-state index is 0.0381. The molecule has 2 aromatic carbocycles. The molecule has 0 saturated carbocycles. The number of nitrogens with one attached hydrogen (secondary N) is 1. The molecule has 23 heavy (non-hydrogen) atoms. The Morgan fingerprint density at radius 3 is 2.39 bits per heavy atom. The summed E-state index contributed by atoms with van der Waals surface area (Å²) in [6.07, 6.45) is 1.22.